The fourth-order valence-electron chi connectivity index (χ4n) is 1.74. The zero-order valence-electron chi connectivity index (χ0n) is 9.96. The lowest BCUT2D eigenvalue weighted by Crippen LogP contribution is -1.96. The molecule has 0 aliphatic carbocycles. The van der Waals surface area contributed by atoms with E-state index in [1.165, 1.54) is 12.1 Å². The molecule has 0 fully saturated rings. The molecule has 0 amide bonds. The Labute approximate surface area is 129 Å². The van der Waals surface area contributed by atoms with Crippen molar-refractivity contribution in [2.75, 3.05) is 7.11 Å². The molecule has 0 radical (unpaired) electrons. The van der Waals surface area contributed by atoms with Crippen molar-refractivity contribution in [3.05, 3.63) is 62.8 Å². The Balaban J connectivity index is 2.40. The first-order chi connectivity index (χ1) is 9.01. The smallest absolute Gasteiger partial charge is 0.124 e. The molecule has 5 heteroatoms. The van der Waals surface area contributed by atoms with Gasteiger partial charge in [0.2, 0.25) is 0 Å². The fraction of sp³-hybridized carbons (Fsp3) is 0.143. The van der Waals surface area contributed by atoms with Crippen molar-refractivity contribution in [2.24, 2.45) is 0 Å². The van der Waals surface area contributed by atoms with Crippen LogP contribution in [0.5, 0.6) is 5.75 Å². The first kappa shape index (κ1) is 14.6. The molecule has 0 saturated carbocycles. The number of hydrogen-bond acceptors (Lipinski definition) is 1. The third kappa shape index (κ3) is 3.41. The van der Waals surface area contributed by atoms with Gasteiger partial charge >= 0.3 is 0 Å². The third-order valence-corrected chi connectivity index (χ3v) is 3.93. The van der Waals surface area contributed by atoms with Crippen LogP contribution in [0.25, 0.3) is 0 Å². The largest absolute Gasteiger partial charge is 0.497 e. The van der Waals surface area contributed by atoms with Crippen molar-refractivity contribution >= 4 is 39.1 Å². The van der Waals surface area contributed by atoms with Crippen LogP contribution in [0, 0.1) is 5.82 Å². The second kappa shape index (κ2) is 6.12. The first-order valence-corrected chi connectivity index (χ1v) is 7.05. The van der Waals surface area contributed by atoms with Crippen LogP contribution in [0.1, 0.15) is 16.5 Å². The van der Waals surface area contributed by atoms with E-state index in [0.29, 0.717) is 26.4 Å². The highest BCUT2D eigenvalue weighted by Gasteiger charge is 2.16. The molecule has 19 heavy (non-hydrogen) atoms. The van der Waals surface area contributed by atoms with E-state index in [0.717, 1.165) is 0 Å². The highest BCUT2D eigenvalue weighted by molar-refractivity contribution is 9.10. The summed E-state index contributed by atoms with van der Waals surface area (Å²) in [6.07, 6.45) is 0. The molecule has 0 aromatic heterocycles. The van der Waals surface area contributed by atoms with E-state index in [-0.39, 0.29) is 5.82 Å². The standard InChI is InChI=1S/C14H10BrCl2FO/c1-19-11-2-3-12(13(16)7-11)14(17)8-4-9(15)6-10(18)5-8/h2-7,14H,1H3. The Morgan fingerprint density at radius 3 is 2.53 bits per heavy atom. The van der Waals surface area contributed by atoms with Gasteiger partial charge in [0.1, 0.15) is 11.6 Å². The van der Waals surface area contributed by atoms with E-state index in [1.807, 2.05) is 0 Å². The molecular formula is C14H10BrCl2FO. The van der Waals surface area contributed by atoms with Gasteiger partial charge in [-0.15, -0.1) is 11.6 Å². The van der Waals surface area contributed by atoms with Crippen molar-refractivity contribution in [1.82, 2.24) is 0 Å². The average Bonchev–Trinajstić information content (AvgIpc) is 2.36. The van der Waals surface area contributed by atoms with Crippen molar-refractivity contribution in [2.45, 2.75) is 5.38 Å². The van der Waals surface area contributed by atoms with Gasteiger partial charge in [0, 0.05) is 9.50 Å². The monoisotopic (exact) mass is 362 g/mol. The molecule has 0 spiro atoms. The quantitative estimate of drug-likeness (QED) is 0.647. The van der Waals surface area contributed by atoms with Crippen molar-refractivity contribution < 1.29 is 9.13 Å². The van der Waals surface area contributed by atoms with E-state index in [1.54, 1.807) is 31.4 Å². The molecular weight excluding hydrogens is 354 g/mol. The molecule has 2 rings (SSSR count). The molecule has 100 valence electrons. The van der Waals surface area contributed by atoms with Gasteiger partial charge in [-0.05, 0) is 41.5 Å². The Bertz CT molecular complexity index is 584. The van der Waals surface area contributed by atoms with Crippen molar-refractivity contribution in [1.29, 1.82) is 0 Å². The van der Waals surface area contributed by atoms with Gasteiger partial charge in [0.25, 0.3) is 0 Å². The summed E-state index contributed by atoms with van der Waals surface area (Å²) in [4.78, 5) is 0. The van der Waals surface area contributed by atoms with E-state index in [9.17, 15) is 4.39 Å². The highest BCUT2D eigenvalue weighted by Crippen LogP contribution is 2.36. The molecule has 0 N–H and O–H groups in total. The lowest BCUT2D eigenvalue weighted by Gasteiger charge is -2.13. The summed E-state index contributed by atoms with van der Waals surface area (Å²) in [5.74, 6) is 0.303. The van der Waals surface area contributed by atoms with E-state index in [4.69, 9.17) is 27.9 Å². The van der Waals surface area contributed by atoms with Gasteiger partial charge in [0.15, 0.2) is 0 Å². The summed E-state index contributed by atoms with van der Waals surface area (Å²) in [5.41, 5.74) is 1.35. The zero-order valence-corrected chi connectivity index (χ0v) is 13.1. The topological polar surface area (TPSA) is 9.23 Å². The van der Waals surface area contributed by atoms with E-state index < -0.39 is 5.38 Å². The minimum Gasteiger partial charge on any atom is -0.497 e. The van der Waals surface area contributed by atoms with Crippen LogP contribution < -0.4 is 4.74 Å². The summed E-state index contributed by atoms with van der Waals surface area (Å²) in [6, 6.07) is 9.76. The number of alkyl halides is 1. The molecule has 1 unspecified atom stereocenters. The molecule has 0 aliphatic rings. The maximum absolute atomic E-state index is 13.4. The SMILES string of the molecule is COc1ccc(C(Cl)c2cc(F)cc(Br)c2)c(Cl)c1. The minimum absolute atomic E-state index is 0.348. The van der Waals surface area contributed by atoms with Gasteiger partial charge in [0.05, 0.1) is 12.5 Å². The molecule has 2 aromatic carbocycles. The molecule has 2 aromatic rings. The van der Waals surface area contributed by atoms with E-state index in [2.05, 4.69) is 15.9 Å². The normalized spacial score (nSPS) is 12.3. The van der Waals surface area contributed by atoms with Gasteiger partial charge in [-0.2, -0.15) is 0 Å². The maximum atomic E-state index is 13.4. The summed E-state index contributed by atoms with van der Waals surface area (Å²) in [5, 5.41) is -0.0369. The Kier molecular flexibility index (Phi) is 4.71. The van der Waals surface area contributed by atoms with Crippen LogP contribution in [0.3, 0.4) is 0 Å². The fourth-order valence-corrected chi connectivity index (χ4v) is 2.88. The second-order valence-corrected chi connectivity index (χ2v) is 5.71. The van der Waals surface area contributed by atoms with Gasteiger partial charge in [-0.1, -0.05) is 33.6 Å². The van der Waals surface area contributed by atoms with E-state index >= 15 is 0 Å². The van der Waals surface area contributed by atoms with Crippen molar-refractivity contribution in [3.63, 3.8) is 0 Å². The molecule has 0 saturated heterocycles. The lowest BCUT2D eigenvalue weighted by molar-refractivity contribution is 0.414. The summed E-state index contributed by atoms with van der Waals surface area (Å²) in [6.45, 7) is 0. The van der Waals surface area contributed by atoms with Gasteiger partial charge < -0.3 is 4.74 Å². The molecule has 1 nitrogen and oxygen atoms in total. The van der Waals surface area contributed by atoms with Gasteiger partial charge in [-0.3, -0.25) is 0 Å². The number of methoxy groups -OCH3 is 1. The number of hydrogen-bond donors (Lipinski definition) is 0. The molecule has 1 atom stereocenters. The number of rotatable bonds is 3. The Hall–Kier alpha value is -0.770. The third-order valence-electron chi connectivity index (χ3n) is 2.66. The van der Waals surface area contributed by atoms with Crippen LogP contribution >= 0.6 is 39.1 Å². The molecule has 0 aliphatic heterocycles. The molecule has 0 heterocycles. The average molecular weight is 364 g/mol. The highest BCUT2D eigenvalue weighted by atomic mass is 79.9. The zero-order chi connectivity index (χ0) is 14.0. The van der Waals surface area contributed by atoms with Gasteiger partial charge in [-0.25, -0.2) is 4.39 Å². The van der Waals surface area contributed by atoms with Crippen LogP contribution in [0.2, 0.25) is 5.02 Å². The van der Waals surface area contributed by atoms with Crippen LogP contribution in [-0.2, 0) is 0 Å². The number of benzene rings is 2. The Morgan fingerprint density at radius 1 is 1.21 bits per heavy atom. The van der Waals surface area contributed by atoms with Crippen LogP contribution in [0.15, 0.2) is 40.9 Å². The minimum atomic E-state index is -0.523. The summed E-state index contributed by atoms with van der Waals surface area (Å²) in [7, 11) is 1.56. The first-order valence-electron chi connectivity index (χ1n) is 5.44. The number of halogens is 4. The second-order valence-electron chi connectivity index (χ2n) is 3.95. The predicted octanol–water partition coefficient (Wildman–Crippen LogP) is 5.58. The van der Waals surface area contributed by atoms with Crippen LogP contribution in [-0.4, -0.2) is 7.11 Å². The predicted molar refractivity (Wildman–Crippen MR) is 79.8 cm³/mol. The maximum Gasteiger partial charge on any atom is 0.124 e. The van der Waals surface area contributed by atoms with Crippen LogP contribution in [0.4, 0.5) is 4.39 Å². The Morgan fingerprint density at radius 2 is 1.95 bits per heavy atom. The van der Waals surface area contributed by atoms with Crippen molar-refractivity contribution in [3.8, 4) is 5.75 Å². The lowest BCUT2D eigenvalue weighted by atomic mass is 10.0. The summed E-state index contributed by atoms with van der Waals surface area (Å²) >= 11 is 15.8. The molecule has 0 bridgehead atoms. The summed E-state index contributed by atoms with van der Waals surface area (Å²) < 4.78 is 19.1. The number of ether oxygens (including phenoxy) is 1.